The van der Waals surface area contributed by atoms with Gasteiger partial charge < -0.3 is 10.1 Å². The molecule has 1 amide bonds. The SMILES string of the molecule is COc1ccc(S(=O)(=O)NC2CC2)cc1NC(=O)c1cnn(-c2cccc(Cl)c2)c1C(C)C. The molecule has 0 aliphatic heterocycles. The third-order valence-corrected chi connectivity index (χ3v) is 7.03. The van der Waals surface area contributed by atoms with Crippen molar-refractivity contribution in [2.75, 3.05) is 12.4 Å². The molecule has 10 heteroatoms. The first kappa shape index (κ1) is 23.3. The van der Waals surface area contributed by atoms with Gasteiger partial charge in [-0.25, -0.2) is 17.8 Å². The molecule has 2 N–H and O–H groups in total. The van der Waals surface area contributed by atoms with Crippen LogP contribution < -0.4 is 14.8 Å². The highest BCUT2D eigenvalue weighted by Crippen LogP contribution is 2.31. The molecular weight excluding hydrogens is 464 g/mol. The van der Waals surface area contributed by atoms with Crippen LogP contribution in [0.5, 0.6) is 5.75 Å². The number of hydrogen-bond donors (Lipinski definition) is 2. The largest absolute Gasteiger partial charge is 0.495 e. The van der Waals surface area contributed by atoms with Gasteiger partial charge in [-0.3, -0.25) is 4.79 Å². The van der Waals surface area contributed by atoms with Crippen LogP contribution in [0.25, 0.3) is 5.69 Å². The molecule has 0 saturated heterocycles. The van der Waals surface area contributed by atoms with E-state index >= 15 is 0 Å². The van der Waals surface area contributed by atoms with E-state index in [0.717, 1.165) is 18.5 Å². The Kier molecular flexibility index (Phi) is 6.47. The van der Waals surface area contributed by atoms with Gasteiger partial charge in [0.1, 0.15) is 5.75 Å². The first-order valence-electron chi connectivity index (χ1n) is 10.5. The minimum atomic E-state index is -3.69. The lowest BCUT2D eigenvalue weighted by molar-refractivity contribution is 0.102. The molecule has 0 spiro atoms. The van der Waals surface area contributed by atoms with Crippen LogP contribution in [0.3, 0.4) is 0 Å². The van der Waals surface area contributed by atoms with Crippen LogP contribution in [0.15, 0.2) is 53.6 Å². The Labute approximate surface area is 198 Å². The summed E-state index contributed by atoms with van der Waals surface area (Å²) in [4.78, 5) is 13.3. The van der Waals surface area contributed by atoms with E-state index in [1.807, 2.05) is 26.0 Å². The molecule has 3 aromatic rings. The number of carbonyl (C=O) groups excluding carboxylic acids is 1. The van der Waals surface area contributed by atoms with Crippen LogP contribution in [0, 0.1) is 0 Å². The summed E-state index contributed by atoms with van der Waals surface area (Å²) < 4.78 is 34.9. The minimum Gasteiger partial charge on any atom is -0.495 e. The van der Waals surface area contributed by atoms with Gasteiger partial charge in [0.15, 0.2) is 0 Å². The minimum absolute atomic E-state index is 0.0245. The van der Waals surface area contributed by atoms with Gasteiger partial charge in [0.2, 0.25) is 10.0 Å². The average Bonchev–Trinajstić information content (AvgIpc) is 3.45. The highest BCUT2D eigenvalue weighted by Gasteiger charge is 2.29. The Bertz CT molecular complexity index is 1300. The number of amides is 1. The van der Waals surface area contributed by atoms with Crippen LogP contribution in [-0.4, -0.2) is 37.3 Å². The van der Waals surface area contributed by atoms with E-state index in [2.05, 4.69) is 15.1 Å². The smallest absolute Gasteiger partial charge is 0.259 e. The molecule has 33 heavy (non-hydrogen) atoms. The Morgan fingerprint density at radius 2 is 1.97 bits per heavy atom. The zero-order valence-electron chi connectivity index (χ0n) is 18.5. The van der Waals surface area contributed by atoms with Crippen molar-refractivity contribution in [2.24, 2.45) is 0 Å². The first-order chi connectivity index (χ1) is 15.7. The number of halogens is 1. The predicted octanol–water partition coefficient (Wildman–Crippen LogP) is 4.35. The molecular formula is C23H25ClN4O4S. The summed E-state index contributed by atoms with van der Waals surface area (Å²) in [5, 5.41) is 7.77. The van der Waals surface area contributed by atoms with E-state index in [9.17, 15) is 13.2 Å². The monoisotopic (exact) mass is 488 g/mol. The van der Waals surface area contributed by atoms with Crippen molar-refractivity contribution < 1.29 is 17.9 Å². The van der Waals surface area contributed by atoms with Gasteiger partial charge >= 0.3 is 0 Å². The summed E-state index contributed by atoms with van der Waals surface area (Å²) in [7, 11) is -2.23. The predicted molar refractivity (Wildman–Crippen MR) is 127 cm³/mol. The Morgan fingerprint density at radius 1 is 1.21 bits per heavy atom. The number of nitrogens with one attached hydrogen (secondary N) is 2. The van der Waals surface area contributed by atoms with E-state index < -0.39 is 15.9 Å². The van der Waals surface area contributed by atoms with Gasteiger partial charge in [0.05, 0.1) is 40.8 Å². The van der Waals surface area contributed by atoms with E-state index in [4.69, 9.17) is 16.3 Å². The maximum absolute atomic E-state index is 13.3. The van der Waals surface area contributed by atoms with Crippen molar-refractivity contribution in [1.29, 1.82) is 0 Å². The molecule has 0 unspecified atom stereocenters. The lowest BCUT2D eigenvalue weighted by Gasteiger charge is -2.15. The number of anilines is 1. The van der Waals surface area contributed by atoms with Crippen LogP contribution in [-0.2, 0) is 10.0 Å². The van der Waals surface area contributed by atoms with Gasteiger partial charge in [-0.2, -0.15) is 5.10 Å². The molecule has 8 nitrogen and oxygen atoms in total. The lowest BCUT2D eigenvalue weighted by atomic mass is 10.0. The van der Waals surface area contributed by atoms with Crippen molar-refractivity contribution in [1.82, 2.24) is 14.5 Å². The normalized spacial score (nSPS) is 13.8. The van der Waals surface area contributed by atoms with E-state index in [0.29, 0.717) is 22.0 Å². The molecule has 0 radical (unpaired) electrons. The topological polar surface area (TPSA) is 102 Å². The summed E-state index contributed by atoms with van der Waals surface area (Å²) >= 11 is 6.14. The molecule has 4 rings (SSSR count). The number of aromatic nitrogens is 2. The third-order valence-electron chi connectivity index (χ3n) is 5.28. The zero-order valence-corrected chi connectivity index (χ0v) is 20.1. The quantitative estimate of drug-likeness (QED) is 0.490. The second-order valence-corrected chi connectivity index (χ2v) is 10.4. The molecule has 0 bridgehead atoms. The van der Waals surface area contributed by atoms with Crippen molar-refractivity contribution in [3.63, 3.8) is 0 Å². The molecule has 0 atom stereocenters. The fourth-order valence-corrected chi connectivity index (χ4v) is 5.05. The van der Waals surface area contributed by atoms with Crippen molar-refractivity contribution in [3.8, 4) is 11.4 Å². The van der Waals surface area contributed by atoms with Crippen LogP contribution >= 0.6 is 11.6 Å². The Balaban J connectivity index is 1.68. The van der Waals surface area contributed by atoms with Crippen LogP contribution in [0.1, 0.15) is 48.7 Å². The number of sulfonamides is 1. The number of ether oxygens (including phenoxy) is 1. The molecule has 1 saturated carbocycles. The number of benzene rings is 2. The molecule has 1 heterocycles. The van der Waals surface area contributed by atoms with Gasteiger partial charge in [0, 0.05) is 11.1 Å². The second kappa shape index (κ2) is 9.17. The summed E-state index contributed by atoms with van der Waals surface area (Å²) in [6, 6.07) is 11.6. The lowest BCUT2D eigenvalue weighted by Crippen LogP contribution is -2.26. The Morgan fingerprint density at radius 3 is 2.61 bits per heavy atom. The molecule has 1 fully saturated rings. The molecule has 1 aliphatic rings. The molecule has 174 valence electrons. The highest BCUT2D eigenvalue weighted by molar-refractivity contribution is 7.89. The van der Waals surface area contributed by atoms with Crippen molar-refractivity contribution >= 4 is 33.2 Å². The fourth-order valence-electron chi connectivity index (χ4n) is 3.53. The van der Waals surface area contributed by atoms with Crippen LogP contribution in [0.2, 0.25) is 5.02 Å². The molecule has 1 aliphatic carbocycles. The van der Waals surface area contributed by atoms with Crippen molar-refractivity contribution in [2.45, 2.75) is 43.5 Å². The number of carbonyl (C=O) groups is 1. The van der Waals surface area contributed by atoms with Gasteiger partial charge in [-0.05, 0) is 55.2 Å². The summed E-state index contributed by atoms with van der Waals surface area (Å²) in [5.74, 6) is -0.0967. The molecule has 1 aromatic heterocycles. The third kappa shape index (κ3) is 5.05. The summed E-state index contributed by atoms with van der Waals surface area (Å²) in [5.41, 5.74) is 2.07. The Hall–Kier alpha value is -2.88. The fraction of sp³-hybridized carbons (Fsp3) is 0.304. The summed E-state index contributed by atoms with van der Waals surface area (Å²) in [6.45, 7) is 3.93. The highest BCUT2D eigenvalue weighted by atomic mass is 35.5. The number of nitrogens with zero attached hydrogens (tertiary/aromatic N) is 2. The standard InChI is InChI=1S/C23H25ClN4O4S/c1-14(2)22-19(13-25-28(22)17-6-4-5-15(24)11-17)23(29)26-20-12-18(9-10-21(20)32-3)33(30,31)27-16-7-8-16/h4-6,9-14,16,27H,7-8H2,1-3H3,(H,26,29). The number of methoxy groups -OCH3 is 1. The number of hydrogen-bond acceptors (Lipinski definition) is 5. The van der Waals surface area contributed by atoms with Gasteiger partial charge in [0.25, 0.3) is 5.91 Å². The van der Waals surface area contributed by atoms with Gasteiger partial charge in [-0.1, -0.05) is 31.5 Å². The van der Waals surface area contributed by atoms with Crippen molar-refractivity contribution in [3.05, 3.63) is 64.9 Å². The second-order valence-electron chi connectivity index (χ2n) is 8.20. The average molecular weight is 489 g/mol. The summed E-state index contributed by atoms with van der Waals surface area (Å²) in [6.07, 6.45) is 3.15. The van der Waals surface area contributed by atoms with E-state index in [1.165, 1.54) is 31.5 Å². The van der Waals surface area contributed by atoms with Gasteiger partial charge in [-0.15, -0.1) is 0 Å². The maximum Gasteiger partial charge on any atom is 0.259 e. The van der Waals surface area contributed by atoms with E-state index in [-0.39, 0.29) is 22.5 Å². The van der Waals surface area contributed by atoms with Crippen LogP contribution in [0.4, 0.5) is 5.69 Å². The van der Waals surface area contributed by atoms with E-state index in [1.54, 1.807) is 16.8 Å². The number of rotatable bonds is 8. The maximum atomic E-state index is 13.3. The molecule has 2 aromatic carbocycles. The first-order valence-corrected chi connectivity index (χ1v) is 12.4. The zero-order chi connectivity index (χ0) is 23.8.